The van der Waals surface area contributed by atoms with Crippen molar-refractivity contribution < 1.29 is 14.6 Å². The van der Waals surface area contributed by atoms with Crippen molar-refractivity contribution in [3.05, 3.63) is 12.7 Å². The number of ether oxygens (including phenoxy) is 1. The second-order valence-electron chi connectivity index (χ2n) is 3.13. The van der Waals surface area contributed by atoms with E-state index in [0.717, 1.165) is 5.84 Å². The summed E-state index contributed by atoms with van der Waals surface area (Å²) >= 11 is 0. The number of aliphatic carboxylic acids is 1. The van der Waals surface area contributed by atoms with Gasteiger partial charge >= 0.3 is 5.97 Å². The van der Waals surface area contributed by atoms with Crippen LogP contribution in [-0.2, 0) is 9.53 Å². The van der Waals surface area contributed by atoms with Gasteiger partial charge in [-0.05, 0) is 6.92 Å². The Bertz CT molecular complexity index is 276. The normalized spacial score (nSPS) is 17.4. The lowest BCUT2D eigenvalue weighted by atomic mass is 10.3. The molecule has 0 aromatic heterocycles. The van der Waals surface area contributed by atoms with Gasteiger partial charge in [0.25, 0.3) is 0 Å². The van der Waals surface area contributed by atoms with E-state index >= 15 is 0 Å². The zero-order chi connectivity index (χ0) is 11.3. The van der Waals surface area contributed by atoms with E-state index in [1.165, 1.54) is 0 Å². The first kappa shape index (κ1) is 11.7. The summed E-state index contributed by atoms with van der Waals surface area (Å²) in [4.78, 5) is 16.9. The summed E-state index contributed by atoms with van der Waals surface area (Å²) in [7, 11) is 0. The van der Waals surface area contributed by atoms with E-state index in [9.17, 15) is 4.79 Å². The van der Waals surface area contributed by atoms with Gasteiger partial charge < -0.3 is 14.7 Å². The SMILES string of the molecule is C=CCC1=NCCN1C(OCC)C(=O)O. The minimum absolute atomic E-state index is 0.370. The quantitative estimate of drug-likeness (QED) is 0.659. The van der Waals surface area contributed by atoms with Crippen molar-refractivity contribution in [1.82, 2.24) is 4.90 Å². The first-order chi connectivity index (χ1) is 7.20. The standard InChI is InChI=1S/C10H16N2O3/c1-3-5-8-11-6-7-12(8)9(10(13)14)15-4-2/h3,9H,1,4-7H2,2H3,(H,13,14). The van der Waals surface area contributed by atoms with Crippen molar-refractivity contribution >= 4 is 11.8 Å². The topological polar surface area (TPSA) is 62.1 Å². The number of rotatable bonds is 6. The maximum absolute atomic E-state index is 11.0. The Morgan fingerprint density at radius 3 is 3.13 bits per heavy atom. The van der Waals surface area contributed by atoms with Crippen LogP contribution in [0, 0.1) is 0 Å². The third-order valence-corrected chi connectivity index (χ3v) is 2.11. The molecule has 0 bridgehead atoms. The average molecular weight is 212 g/mol. The molecule has 1 aliphatic rings. The van der Waals surface area contributed by atoms with Crippen LogP contribution in [0.1, 0.15) is 13.3 Å². The highest BCUT2D eigenvalue weighted by molar-refractivity contribution is 5.88. The van der Waals surface area contributed by atoms with Crippen molar-refractivity contribution in [2.24, 2.45) is 4.99 Å². The molecule has 15 heavy (non-hydrogen) atoms. The van der Waals surface area contributed by atoms with Crippen molar-refractivity contribution in [2.45, 2.75) is 19.6 Å². The molecule has 5 nitrogen and oxygen atoms in total. The molecule has 0 aliphatic carbocycles. The maximum Gasteiger partial charge on any atom is 0.354 e. The predicted molar refractivity (Wildman–Crippen MR) is 56.9 cm³/mol. The first-order valence-corrected chi connectivity index (χ1v) is 4.96. The molecule has 1 unspecified atom stereocenters. The van der Waals surface area contributed by atoms with E-state index in [2.05, 4.69) is 11.6 Å². The molecule has 0 aromatic carbocycles. The summed E-state index contributed by atoms with van der Waals surface area (Å²) in [5.41, 5.74) is 0. The van der Waals surface area contributed by atoms with Gasteiger partial charge in [0.2, 0.25) is 6.23 Å². The summed E-state index contributed by atoms with van der Waals surface area (Å²) < 4.78 is 5.18. The third kappa shape index (κ3) is 2.79. The summed E-state index contributed by atoms with van der Waals surface area (Å²) in [6.07, 6.45) is 1.37. The Morgan fingerprint density at radius 1 is 1.87 bits per heavy atom. The summed E-state index contributed by atoms with van der Waals surface area (Å²) in [5, 5.41) is 9.00. The lowest BCUT2D eigenvalue weighted by Crippen LogP contribution is -2.45. The van der Waals surface area contributed by atoms with E-state index in [1.54, 1.807) is 17.9 Å². The summed E-state index contributed by atoms with van der Waals surface area (Å²) in [5.74, 6) is -0.235. The van der Waals surface area contributed by atoms with Gasteiger partial charge in [0.1, 0.15) is 5.84 Å². The average Bonchev–Trinajstić information content (AvgIpc) is 2.62. The van der Waals surface area contributed by atoms with Gasteiger partial charge in [0.15, 0.2) is 0 Å². The molecule has 1 aliphatic heterocycles. The Morgan fingerprint density at radius 2 is 2.60 bits per heavy atom. The van der Waals surface area contributed by atoms with Crippen molar-refractivity contribution in [2.75, 3.05) is 19.7 Å². The van der Waals surface area contributed by atoms with E-state index in [1.807, 2.05) is 0 Å². The van der Waals surface area contributed by atoms with Gasteiger partial charge in [-0.25, -0.2) is 4.79 Å². The second-order valence-corrected chi connectivity index (χ2v) is 3.13. The van der Waals surface area contributed by atoms with Crippen LogP contribution in [-0.4, -0.2) is 47.7 Å². The largest absolute Gasteiger partial charge is 0.478 e. The van der Waals surface area contributed by atoms with Crippen molar-refractivity contribution in [3.63, 3.8) is 0 Å². The van der Waals surface area contributed by atoms with E-state index in [4.69, 9.17) is 9.84 Å². The van der Waals surface area contributed by atoms with Gasteiger partial charge in [-0.1, -0.05) is 6.08 Å². The van der Waals surface area contributed by atoms with Gasteiger partial charge in [0, 0.05) is 19.6 Å². The molecule has 0 radical (unpaired) electrons. The first-order valence-electron chi connectivity index (χ1n) is 4.96. The molecular weight excluding hydrogens is 196 g/mol. The van der Waals surface area contributed by atoms with Crippen molar-refractivity contribution in [3.8, 4) is 0 Å². The number of carboxylic acids is 1. The molecule has 0 aromatic rings. The minimum atomic E-state index is -0.976. The molecule has 5 heteroatoms. The lowest BCUT2D eigenvalue weighted by Gasteiger charge is -2.26. The van der Waals surface area contributed by atoms with Crippen LogP contribution in [0.5, 0.6) is 0 Å². The monoisotopic (exact) mass is 212 g/mol. The molecule has 0 spiro atoms. The molecule has 0 amide bonds. The fraction of sp³-hybridized carbons (Fsp3) is 0.600. The van der Waals surface area contributed by atoms with Gasteiger partial charge in [-0.15, -0.1) is 6.58 Å². The highest BCUT2D eigenvalue weighted by Gasteiger charge is 2.30. The number of carbonyl (C=O) groups is 1. The number of nitrogens with zero attached hydrogens (tertiary/aromatic N) is 2. The molecule has 1 N–H and O–H groups in total. The Labute approximate surface area is 89.1 Å². The Balaban J connectivity index is 2.70. The Hall–Kier alpha value is -1.36. The molecule has 1 atom stereocenters. The van der Waals surface area contributed by atoms with Crippen LogP contribution in [0.15, 0.2) is 17.6 Å². The van der Waals surface area contributed by atoms with Crippen LogP contribution in [0.4, 0.5) is 0 Å². The molecule has 84 valence electrons. The minimum Gasteiger partial charge on any atom is -0.478 e. The molecule has 1 heterocycles. The van der Waals surface area contributed by atoms with Gasteiger partial charge in [-0.3, -0.25) is 4.99 Å². The van der Waals surface area contributed by atoms with E-state index in [-0.39, 0.29) is 0 Å². The fourth-order valence-electron chi connectivity index (χ4n) is 1.52. The van der Waals surface area contributed by atoms with Crippen LogP contribution in [0.25, 0.3) is 0 Å². The highest BCUT2D eigenvalue weighted by atomic mass is 16.5. The lowest BCUT2D eigenvalue weighted by molar-refractivity contribution is -0.159. The fourth-order valence-corrected chi connectivity index (χ4v) is 1.52. The van der Waals surface area contributed by atoms with Gasteiger partial charge in [-0.2, -0.15) is 0 Å². The molecular formula is C10H16N2O3. The van der Waals surface area contributed by atoms with Crippen LogP contribution >= 0.6 is 0 Å². The van der Waals surface area contributed by atoms with Crippen LogP contribution in [0.2, 0.25) is 0 Å². The van der Waals surface area contributed by atoms with E-state index < -0.39 is 12.2 Å². The molecule has 0 saturated heterocycles. The number of aliphatic imine (C=N–C) groups is 1. The molecule has 0 saturated carbocycles. The smallest absolute Gasteiger partial charge is 0.354 e. The summed E-state index contributed by atoms with van der Waals surface area (Å²) in [6, 6.07) is 0. The second kappa shape index (κ2) is 5.50. The molecule has 0 fully saturated rings. The summed E-state index contributed by atoms with van der Waals surface area (Å²) in [6.45, 7) is 6.98. The zero-order valence-electron chi connectivity index (χ0n) is 8.85. The van der Waals surface area contributed by atoms with Crippen LogP contribution < -0.4 is 0 Å². The highest BCUT2D eigenvalue weighted by Crippen LogP contribution is 2.11. The predicted octanol–water partition coefficient (Wildman–Crippen LogP) is 0.724. The zero-order valence-corrected chi connectivity index (χ0v) is 8.85. The number of hydrogen-bond acceptors (Lipinski definition) is 4. The number of amidine groups is 1. The number of carboxylic acid groups (broad SMARTS) is 1. The van der Waals surface area contributed by atoms with E-state index in [0.29, 0.717) is 26.1 Å². The third-order valence-electron chi connectivity index (χ3n) is 2.11. The molecule has 1 rings (SSSR count). The van der Waals surface area contributed by atoms with Crippen molar-refractivity contribution in [1.29, 1.82) is 0 Å². The van der Waals surface area contributed by atoms with Gasteiger partial charge in [0.05, 0.1) is 6.54 Å². The maximum atomic E-state index is 11.0. The number of hydrogen-bond donors (Lipinski definition) is 1. The Kier molecular flexibility index (Phi) is 4.30. The van der Waals surface area contributed by atoms with Crippen LogP contribution in [0.3, 0.4) is 0 Å².